The average molecular weight is 644 g/mol. The van der Waals surface area contributed by atoms with Crippen LogP contribution in [0.4, 0.5) is 0 Å². The summed E-state index contributed by atoms with van der Waals surface area (Å²) in [5.41, 5.74) is 6.67. The molecule has 6 nitrogen and oxygen atoms in total. The topological polar surface area (TPSA) is 80.2 Å². The van der Waals surface area contributed by atoms with Crippen molar-refractivity contribution in [1.29, 1.82) is 0 Å². The summed E-state index contributed by atoms with van der Waals surface area (Å²) < 4.78 is 12.6. The SMILES string of the molecule is CCOc1cc(/C=N\NC(=O)CCc2cc(C(C)(C)C)c(O)c(C(C)(C)C)c2)cc(Br)c1OCc1ccc(Cl)cc1. The fourth-order valence-electron chi connectivity index (χ4n) is 4.28. The zero-order valence-electron chi connectivity index (χ0n) is 24.9. The van der Waals surface area contributed by atoms with Gasteiger partial charge in [0.05, 0.1) is 17.3 Å². The van der Waals surface area contributed by atoms with Crippen molar-refractivity contribution in [3.05, 3.63) is 85.8 Å². The van der Waals surface area contributed by atoms with Crippen LogP contribution in [0.5, 0.6) is 17.2 Å². The molecule has 0 heterocycles. The lowest BCUT2D eigenvalue weighted by molar-refractivity contribution is -0.121. The summed E-state index contributed by atoms with van der Waals surface area (Å²) in [6, 6.07) is 15.2. The Morgan fingerprint density at radius 1 is 0.976 bits per heavy atom. The summed E-state index contributed by atoms with van der Waals surface area (Å²) in [6.45, 7) is 15.2. The molecule has 1 amide bonds. The molecule has 0 aliphatic rings. The van der Waals surface area contributed by atoms with E-state index in [9.17, 15) is 9.90 Å². The third-order valence-electron chi connectivity index (χ3n) is 6.46. The van der Waals surface area contributed by atoms with E-state index in [1.54, 1.807) is 6.21 Å². The van der Waals surface area contributed by atoms with Gasteiger partial charge in [-0.25, -0.2) is 5.43 Å². The van der Waals surface area contributed by atoms with Crippen LogP contribution in [-0.2, 0) is 28.7 Å². The van der Waals surface area contributed by atoms with Crippen LogP contribution >= 0.6 is 27.5 Å². The van der Waals surface area contributed by atoms with E-state index in [2.05, 4.69) is 68.0 Å². The molecule has 0 atom stereocenters. The minimum absolute atomic E-state index is 0.198. The molecule has 0 unspecified atom stereocenters. The molecule has 8 heteroatoms. The lowest BCUT2D eigenvalue weighted by atomic mass is 9.78. The van der Waals surface area contributed by atoms with Crippen molar-refractivity contribution in [3.8, 4) is 17.2 Å². The summed E-state index contributed by atoms with van der Waals surface area (Å²) >= 11 is 9.55. The number of aromatic hydroxyl groups is 1. The number of rotatable bonds is 10. The zero-order valence-corrected chi connectivity index (χ0v) is 27.2. The highest BCUT2D eigenvalue weighted by Crippen LogP contribution is 2.40. The molecule has 0 fully saturated rings. The molecule has 0 aliphatic carbocycles. The smallest absolute Gasteiger partial charge is 0.240 e. The lowest BCUT2D eigenvalue weighted by Gasteiger charge is -2.28. The standard InChI is InChI=1S/C33H40BrClN2O4/c1-8-40-28-18-23(17-27(34)31(28)41-20-21-9-12-24(35)13-10-21)19-36-37-29(38)14-11-22-15-25(32(2,3)4)30(39)26(16-22)33(5,6)7/h9-10,12-13,15-19,39H,8,11,14,20H2,1-7H3,(H,37,38)/b36-19-. The van der Waals surface area contributed by atoms with Crippen LogP contribution in [0.2, 0.25) is 5.02 Å². The van der Waals surface area contributed by atoms with Gasteiger partial charge < -0.3 is 14.6 Å². The highest BCUT2D eigenvalue weighted by atomic mass is 79.9. The monoisotopic (exact) mass is 642 g/mol. The first-order valence-electron chi connectivity index (χ1n) is 13.7. The molecular weight excluding hydrogens is 604 g/mol. The number of halogens is 2. The minimum Gasteiger partial charge on any atom is -0.507 e. The molecule has 0 saturated heterocycles. The summed E-state index contributed by atoms with van der Waals surface area (Å²) in [6.07, 6.45) is 2.37. The van der Waals surface area contributed by atoms with E-state index >= 15 is 0 Å². The molecule has 0 saturated carbocycles. The Morgan fingerprint density at radius 3 is 2.15 bits per heavy atom. The van der Waals surface area contributed by atoms with Crippen molar-refractivity contribution in [1.82, 2.24) is 5.43 Å². The third-order valence-corrected chi connectivity index (χ3v) is 7.30. The van der Waals surface area contributed by atoms with Crippen LogP contribution in [0.15, 0.2) is 58.1 Å². The van der Waals surface area contributed by atoms with E-state index in [4.69, 9.17) is 21.1 Å². The van der Waals surface area contributed by atoms with Gasteiger partial charge in [-0.3, -0.25) is 4.79 Å². The lowest BCUT2D eigenvalue weighted by Crippen LogP contribution is -2.20. The average Bonchev–Trinajstić information content (AvgIpc) is 2.87. The fourth-order valence-corrected chi connectivity index (χ4v) is 4.98. The van der Waals surface area contributed by atoms with Gasteiger partial charge in [-0.05, 0) is 92.2 Å². The Morgan fingerprint density at radius 2 is 1.59 bits per heavy atom. The van der Waals surface area contributed by atoms with Gasteiger partial charge in [-0.1, -0.05) is 77.4 Å². The Bertz CT molecular complexity index is 1360. The Balaban J connectivity index is 1.67. The molecule has 0 spiro atoms. The van der Waals surface area contributed by atoms with Gasteiger partial charge in [-0.2, -0.15) is 5.10 Å². The fraction of sp³-hybridized carbons (Fsp3) is 0.394. The number of ether oxygens (including phenoxy) is 2. The summed E-state index contributed by atoms with van der Waals surface area (Å²) in [4.78, 5) is 12.6. The molecular formula is C33H40BrClN2O4. The van der Waals surface area contributed by atoms with Crippen LogP contribution in [0, 0.1) is 0 Å². The number of aryl methyl sites for hydroxylation is 1. The number of phenolic OH excluding ortho intramolecular Hbond substituents is 1. The van der Waals surface area contributed by atoms with Crippen molar-refractivity contribution >= 4 is 39.7 Å². The zero-order chi connectivity index (χ0) is 30.4. The maximum Gasteiger partial charge on any atom is 0.240 e. The van der Waals surface area contributed by atoms with Gasteiger partial charge in [0.25, 0.3) is 0 Å². The highest BCUT2D eigenvalue weighted by molar-refractivity contribution is 9.10. The van der Waals surface area contributed by atoms with Gasteiger partial charge in [-0.15, -0.1) is 0 Å². The number of nitrogens with zero attached hydrogens (tertiary/aromatic N) is 1. The summed E-state index contributed by atoms with van der Waals surface area (Å²) in [5.74, 6) is 1.29. The minimum atomic E-state index is -0.225. The van der Waals surface area contributed by atoms with E-state index in [0.717, 1.165) is 27.8 Å². The summed E-state index contributed by atoms with van der Waals surface area (Å²) in [7, 11) is 0. The number of hydrogen-bond donors (Lipinski definition) is 2. The number of hydrazone groups is 1. The molecule has 220 valence electrons. The molecule has 2 N–H and O–H groups in total. The first-order chi connectivity index (χ1) is 19.2. The van der Waals surface area contributed by atoms with E-state index in [-0.39, 0.29) is 23.2 Å². The van der Waals surface area contributed by atoms with Crippen LogP contribution in [0.25, 0.3) is 0 Å². The number of benzene rings is 3. The molecule has 3 aromatic rings. The number of nitrogens with one attached hydrogen (secondary N) is 1. The number of carbonyl (C=O) groups excluding carboxylic acids is 1. The maximum absolute atomic E-state index is 12.6. The predicted octanol–water partition coefficient (Wildman–Crippen LogP) is 8.46. The van der Waals surface area contributed by atoms with E-state index in [1.165, 1.54) is 0 Å². The number of hydrogen-bond acceptors (Lipinski definition) is 5. The molecule has 0 aliphatic heterocycles. The Labute approximate surface area is 257 Å². The second kappa shape index (κ2) is 13.8. The van der Waals surface area contributed by atoms with Crippen molar-refractivity contribution in [2.24, 2.45) is 5.10 Å². The van der Waals surface area contributed by atoms with Crippen molar-refractivity contribution in [3.63, 3.8) is 0 Å². The van der Waals surface area contributed by atoms with Gasteiger partial charge in [0.15, 0.2) is 11.5 Å². The third kappa shape index (κ3) is 9.23. The van der Waals surface area contributed by atoms with E-state index < -0.39 is 0 Å². The predicted molar refractivity (Wildman–Crippen MR) is 171 cm³/mol. The van der Waals surface area contributed by atoms with Gasteiger partial charge in [0.2, 0.25) is 5.91 Å². The largest absolute Gasteiger partial charge is 0.507 e. The van der Waals surface area contributed by atoms with Crippen molar-refractivity contribution in [2.45, 2.75) is 78.7 Å². The van der Waals surface area contributed by atoms with Crippen LogP contribution in [0.3, 0.4) is 0 Å². The van der Waals surface area contributed by atoms with Crippen molar-refractivity contribution < 1.29 is 19.4 Å². The molecule has 3 aromatic carbocycles. The molecule has 0 bridgehead atoms. The first-order valence-corrected chi connectivity index (χ1v) is 14.9. The molecule has 3 rings (SSSR count). The Hall–Kier alpha value is -3.03. The summed E-state index contributed by atoms with van der Waals surface area (Å²) in [5, 5.41) is 15.8. The van der Waals surface area contributed by atoms with E-state index in [1.807, 2.05) is 55.5 Å². The van der Waals surface area contributed by atoms with Gasteiger partial charge >= 0.3 is 0 Å². The number of amides is 1. The highest BCUT2D eigenvalue weighted by Gasteiger charge is 2.26. The maximum atomic E-state index is 12.6. The van der Waals surface area contributed by atoms with Gasteiger partial charge in [0.1, 0.15) is 12.4 Å². The quantitative estimate of drug-likeness (QED) is 0.172. The first kappa shape index (κ1) is 32.5. The Kier molecular flexibility index (Phi) is 10.9. The van der Waals surface area contributed by atoms with Crippen molar-refractivity contribution in [2.75, 3.05) is 6.61 Å². The van der Waals surface area contributed by atoms with Crippen LogP contribution < -0.4 is 14.9 Å². The van der Waals surface area contributed by atoms with E-state index in [0.29, 0.717) is 46.4 Å². The molecule has 41 heavy (non-hydrogen) atoms. The normalized spacial score (nSPS) is 12.0. The van der Waals surface area contributed by atoms with Gasteiger partial charge in [0, 0.05) is 11.4 Å². The number of phenols is 1. The molecule has 0 radical (unpaired) electrons. The van der Waals surface area contributed by atoms with Crippen LogP contribution in [0.1, 0.15) is 82.7 Å². The van der Waals surface area contributed by atoms with Crippen LogP contribution in [-0.4, -0.2) is 23.8 Å². The second-order valence-corrected chi connectivity index (χ2v) is 13.3. The second-order valence-electron chi connectivity index (χ2n) is 12.0. The molecule has 0 aromatic heterocycles. The number of carbonyl (C=O) groups is 1.